The maximum Gasteiger partial charge on any atom is 0.261 e. The largest absolute Gasteiger partial charge is 0.338 e. The minimum atomic E-state index is -0.312. The zero-order valence-corrected chi connectivity index (χ0v) is 17.3. The number of amides is 2. The molecule has 2 fully saturated rings. The van der Waals surface area contributed by atoms with Gasteiger partial charge in [0.2, 0.25) is 5.91 Å². The van der Waals surface area contributed by atoms with E-state index in [4.69, 9.17) is 0 Å². The zero-order valence-electron chi connectivity index (χ0n) is 16.4. The van der Waals surface area contributed by atoms with Gasteiger partial charge in [-0.25, -0.2) is 4.98 Å². The van der Waals surface area contributed by atoms with Gasteiger partial charge in [0.25, 0.3) is 11.5 Å². The molecule has 3 aliphatic rings. The molecule has 2 amide bonds. The van der Waals surface area contributed by atoms with Crippen LogP contribution in [0.5, 0.6) is 0 Å². The Morgan fingerprint density at radius 1 is 1.28 bits per heavy atom. The van der Waals surface area contributed by atoms with E-state index in [1.807, 2.05) is 22.1 Å². The summed E-state index contributed by atoms with van der Waals surface area (Å²) in [5, 5.41) is 3.01. The van der Waals surface area contributed by atoms with Crippen LogP contribution in [0.3, 0.4) is 0 Å². The van der Waals surface area contributed by atoms with Gasteiger partial charge in [-0.05, 0) is 49.1 Å². The number of hydrogen-bond donors (Lipinski definition) is 1. The summed E-state index contributed by atoms with van der Waals surface area (Å²) < 4.78 is 0. The molecule has 2 aromatic heterocycles. The second kappa shape index (κ2) is 7.09. The molecule has 0 aromatic carbocycles. The number of nitrogens with zero attached hydrogens (tertiary/aromatic N) is 3. The molecule has 1 saturated carbocycles. The summed E-state index contributed by atoms with van der Waals surface area (Å²) in [4.78, 5) is 48.9. The molecule has 1 aliphatic carbocycles. The van der Waals surface area contributed by atoms with Crippen LogP contribution in [0.2, 0.25) is 0 Å². The number of H-pyrrole nitrogens is 1. The van der Waals surface area contributed by atoms with Gasteiger partial charge in [-0.2, -0.15) is 0 Å². The summed E-state index contributed by atoms with van der Waals surface area (Å²) in [7, 11) is 0. The van der Waals surface area contributed by atoms with Crippen molar-refractivity contribution in [2.45, 2.75) is 39.2 Å². The second-order valence-electron chi connectivity index (χ2n) is 8.39. The van der Waals surface area contributed by atoms with Crippen molar-refractivity contribution in [3.63, 3.8) is 0 Å². The van der Waals surface area contributed by atoms with Gasteiger partial charge in [0.1, 0.15) is 5.56 Å². The third-order valence-electron chi connectivity index (χ3n) is 6.38. The van der Waals surface area contributed by atoms with Crippen molar-refractivity contribution < 1.29 is 9.59 Å². The Kier molecular flexibility index (Phi) is 4.53. The lowest BCUT2D eigenvalue weighted by molar-refractivity contribution is -0.132. The minimum absolute atomic E-state index is 0.0833. The number of rotatable bonds is 4. The van der Waals surface area contributed by atoms with E-state index in [0.29, 0.717) is 44.2 Å². The number of fused-ring (bicyclic) bond motifs is 2. The number of aryl methyl sites for hydroxylation is 2. The zero-order chi connectivity index (χ0) is 20.1. The second-order valence-corrected chi connectivity index (χ2v) is 9.45. The Bertz CT molecular complexity index is 1030. The molecule has 1 N–H and O–H groups in total. The maximum absolute atomic E-state index is 13.0. The van der Waals surface area contributed by atoms with E-state index >= 15 is 0 Å². The van der Waals surface area contributed by atoms with Crippen LogP contribution < -0.4 is 5.56 Å². The van der Waals surface area contributed by atoms with Crippen molar-refractivity contribution in [1.82, 2.24) is 19.8 Å². The van der Waals surface area contributed by atoms with Gasteiger partial charge in [0.05, 0.1) is 10.7 Å². The smallest absolute Gasteiger partial charge is 0.261 e. The number of nitrogens with one attached hydrogen (secondary N) is 1. The van der Waals surface area contributed by atoms with Crippen LogP contribution in [0.25, 0.3) is 0 Å². The number of piperidine rings is 1. The van der Waals surface area contributed by atoms with Crippen LogP contribution in [0.15, 0.2) is 16.4 Å². The predicted molar refractivity (Wildman–Crippen MR) is 109 cm³/mol. The molecule has 1 saturated heterocycles. The Hall–Kier alpha value is -2.48. The van der Waals surface area contributed by atoms with Gasteiger partial charge < -0.3 is 14.8 Å². The standard InChI is InChI=1S/C21H24N4O3S/c1-12-23-16(11-29-12)2-3-18(26)24-5-4-17-15(10-24)7-22-20(27)19(17)21(28)25-8-13-6-14(13)9-25/h7,11,13-14H,2-6,8-10H2,1H3,(H,22,27)/t13-,14+. The molecular weight excluding hydrogens is 388 g/mol. The first kappa shape index (κ1) is 18.5. The molecule has 0 radical (unpaired) electrons. The van der Waals surface area contributed by atoms with Crippen molar-refractivity contribution in [1.29, 1.82) is 0 Å². The predicted octanol–water partition coefficient (Wildman–Crippen LogP) is 1.75. The highest BCUT2D eigenvalue weighted by atomic mass is 32.1. The monoisotopic (exact) mass is 412 g/mol. The number of aromatic nitrogens is 2. The number of likely N-dealkylation sites (tertiary alicyclic amines) is 1. The van der Waals surface area contributed by atoms with Crippen LogP contribution in [0, 0.1) is 18.8 Å². The van der Waals surface area contributed by atoms with E-state index in [1.165, 1.54) is 6.42 Å². The molecule has 2 atom stereocenters. The average Bonchev–Trinajstić information content (AvgIpc) is 3.10. The number of pyridine rings is 1. The molecule has 2 aromatic rings. The highest BCUT2D eigenvalue weighted by Crippen LogP contribution is 2.45. The van der Waals surface area contributed by atoms with E-state index < -0.39 is 0 Å². The summed E-state index contributed by atoms with van der Waals surface area (Å²) in [6.07, 6.45) is 4.48. The molecule has 7 nitrogen and oxygen atoms in total. The number of aromatic amines is 1. The molecule has 0 unspecified atom stereocenters. The minimum Gasteiger partial charge on any atom is -0.338 e. The van der Waals surface area contributed by atoms with Gasteiger partial charge in [-0.3, -0.25) is 14.4 Å². The van der Waals surface area contributed by atoms with Crippen molar-refractivity contribution >= 4 is 23.2 Å². The fourth-order valence-corrected chi connectivity index (χ4v) is 5.29. The molecule has 0 spiro atoms. The van der Waals surface area contributed by atoms with Gasteiger partial charge in [-0.1, -0.05) is 0 Å². The quantitative estimate of drug-likeness (QED) is 0.829. The fraction of sp³-hybridized carbons (Fsp3) is 0.524. The van der Waals surface area contributed by atoms with Gasteiger partial charge in [0.15, 0.2) is 0 Å². The first-order chi connectivity index (χ1) is 14.0. The Balaban J connectivity index is 1.30. The normalized spacial score (nSPS) is 22.4. The number of carbonyl (C=O) groups is 2. The average molecular weight is 413 g/mol. The fourth-order valence-electron chi connectivity index (χ4n) is 4.65. The lowest BCUT2D eigenvalue weighted by Gasteiger charge is -2.30. The number of hydrogen-bond acceptors (Lipinski definition) is 5. The van der Waals surface area contributed by atoms with Gasteiger partial charge >= 0.3 is 0 Å². The van der Waals surface area contributed by atoms with E-state index in [2.05, 4.69) is 9.97 Å². The summed E-state index contributed by atoms with van der Waals surface area (Å²) in [5.74, 6) is 1.20. The highest BCUT2D eigenvalue weighted by Gasteiger charge is 2.47. The molecule has 29 heavy (non-hydrogen) atoms. The first-order valence-electron chi connectivity index (χ1n) is 10.2. The van der Waals surface area contributed by atoms with Crippen LogP contribution in [-0.4, -0.2) is 51.2 Å². The van der Waals surface area contributed by atoms with E-state index in [1.54, 1.807) is 17.5 Å². The Morgan fingerprint density at radius 3 is 2.79 bits per heavy atom. The molecule has 2 aliphatic heterocycles. The van der Waals surface area contributed by atoms with Crippen molar-refractivity contribution in [2.24, 2.45) is 11.8 Å². The van der Waals surface area contributed by atoms with E-state index in [-0.39, 0.29) is 22.9 Å². The Labute approximate surface area is 172 Å². The molecule has 0 bridgehead atoms. The van der Waals surface area contributed by atoms with Crippen LogP contribution in [0.4, 0.5) is 0 Å². The molecule has 5 rings (SSSR count). The third kappa shape index (κ3) is 3.50. The van der Waals surface area contributed by atoms with Crippen LogP contribution in [-0.2, 0) is 24.2 Å². The number of thiazole rings is 1. The van der Waals surface area contributed by atoms with Crippen molar-refractivity contribution in [2.75, 3.05) is 19.6 Å². The van der Waals surface area contributed by atoms with E-state index in [0.717, 1.165) is 34.9 Å². The lowest BCUT2D eigenvalue weighted by Crippen LogP contribution is -2.40. The Morgan fingerprint density at radius 2 is 2.07 bits per heavy atom. The maximum atomic E-state index is 13.0. The summed E-state index contributed by atoms with van der Waals surface area (Å²) >= 11 is 1.60. The molecule has 4 heterocycles. The van der Waals surface area contributed by atoms with E-state index in [9.17, 15) is 14.4 Å². The molecular formula is C21H24N4O3S. The first-order valence-corrected chi connectivity index (χ1v) is 11.1. The van der Waals surface area contributed by atoms with Crippen molar-refractivity contribution in [3.05, 3.63) is 49.3 Å². The van der Waals surface area contributed by atoms with Crippen LogP contribution >= 0.6 is 11.3 Å². The molecule has 152 valence electrons. The summed E-state index contributed by atoms with van der Waals surface area (Å²) in [6.45, 7) is 4.48. The summed E-state index contributed by atoms with van der Waals surface area (Å²) in [5.41, 5.74) is 2.63. The third-order valence-corrected chi connectivity index (χ3v) is 7.20. The summed E-state index contributed by atoms with van der Waals surface area (Å²) in [6, 6.07) is 0. The van der Waals surface area contributed by atoms with Gasteiger partial charge in [-0.15, -0.1) is 11.3 Å². The van der Waals surface area contributed by atoms with Crippen LogP contribution in [0.1, 0.15) is 45.0 Å². The van der Waals surface area contributed by atoms with Crippen molar-refractivity contribution in [3.8, 4) is 0 Å². The highest BCUT2D eigenvalue weighted by molar-refractivity contribution is 7.09. The number of carbonyl (C=O) groups excluding carboxylic acids is 2. The lowest BCUT2D eigenvalue weighted by atomic mass is 9.95. The molecule has 8 heteroatoms. The van der Waals surface area contributed by atoms with Gasteiger partial charge in [0, 0.05) is 44.2 Å². The SMILES string of the molecule is Cc1nc(CCC(=O)N2CCc3c(c[nH]c(=O)c3C(=O)N3C[C@H]4C[C@H]4C3)C2)cs1. The topological polar surface area (TPSA) is 86.4 Å².